The molecule has 21 heavy (non-hydrogen) atoms. The van der Waals surface area contributed by atoms with Gasteiger partial charge in [0, 0.05) is 31.7 Å². The highest BCUT2D eigenvalue weighted by atomic mass is 15.2. The monoisotopic (exact) mass is 286 g/mol. The van der Waals surface area contributed by atoms with E-state index >= 15 is 0 Å². The van der Waals surface area contributed by atoms with Gasteiger partial charge in [0.05, 0.1) is 0 Å². The lowest BCUT2D eigenvalue weighted by Crippen LogP contribution is -2.56. The van der Waals surface area contributed by atoms with Crippen molar-refractivity contribution in [2.75, 3.05) is 19.6 Å². The fraction of sp³-hybridized carbons (Fsp3) is 0.684. The van der Waals surface area contributed by atoms with Gasteiger partial charge >= 0.3 is 0 Å². The van der Waals surface area contributed by atoms with Crippen molar-refractivity contribution >= 4 is 0 Å². The van der Waals surface area contributed by atoms with Crippen molar-refractivity contribution in [1.29, 1.82) is 0 Å². The first-order chi connectivity index (χ1) is 10.3. The Kier molecular flexibility index (Phi) is 4.97. The second-order valence-electron chi connectivity index (χ2n) is 7.08. The van der Waals surface area contributed by atoms with E-state index in [1.165, 1.54) is 44.3 Å². The quantitative estimate of drug-likeness (QED) is 0.884. The molecule has 1 aromatic rings. The van der Waals surface area contributed by atoms with Crippen LogP contribution < -0.4 is 5.32 Å². The molecule has 1 saturated carbocycles. The molecule has 3 atom stereocenters. The minimum atomic E-state index is 0.506. The molecule has 1 aromatic carbocycles. The Morgan fingerprint density at radius 3 is 2.62 bits per heavy atom. The van der Waals surface area contributed by atoms with Crippen molar-refractivity contribution in [3.63, 3.8) is 0 Å². The standard InChI is InChI=1S/C19H30N2/c1-3-15(2)19-12-20-18(17-10-5-4-6-11-17)14-21(19)13-16-8-7-9-16/h4-6,10-11,15-16,18-20H,3,7-9,12-14H2,1-2H3. The summed E-state index contributed by atoms with van der Waals surface area (Å²) in [6.07, 6.45) is 5.64. The first-order valence-electron chi connectivity index (χ1n) is 8.80. The molecule has 2 aliphatic rings. The summed E-state index contributed by atoms with van der Waals surface area (Å²) in [5, 5.41) is 3.80. The van der Waals surface area contributed by atoms with Crippen LogP contribution in [0.5, 0.6) is 0 Å². The van der Waals surface area contributed by atoms with E-state index in [1.54, 1.807) is 0 Å². The Morgan fingerprint density at radius 2 is 2.00 bits per heavy atom. The zero-order valence-electron chi connectivity index (χ0n) is 13.6. The van der Waals surface area contributed by atoms with E-state index in [0.717, 1.165) is 24.4 Å². The predicted octanol–water partition coefficient (Wildman–Crippen LogP) is 3.85. The number of hydrogen-bond donors (Lipinski definition) is 1. The highest BCUT2D eigenvalue weighted by Crippen LogP contribution is 2.31. The minimum Gasteiger partial charge on any atom is -0.307 e. The molecular formula is C19H30N2. The number of benzene rings is 1. The molecule has 0 radical (unpaired) electrons. The molecule has 1 heterocycles. The zero-order valence-corrected chi connectivity index (χ0v) is 13.6. The third-order valence-corrected chi connectivity index (χ3v) is 5.68. The van der Waals surface area contributed by atoms with Gasteiger partial charge in [-0.25, -0.2) is 0 Å². The van der Waals surface area contributed by atoms with Gasteiger partial charge in [0.2, 0.25) is 0 Å². The van der Waals surface area contributed by atoms with E-state index in [0.29, 0.717) is 6.04 Å². The van der Waals surface area contributed by atoms with E-state index in [-0.39, 0.29) is 0 Å². The maximum absolute atomic E-state index is 3.80. The third kappa shape index (κ3) is 3.49. The van der Waals surface area contributed by atoms with Gasteiger partial charge in [0.25, 0.3) is 0 Å². The molecule has 1 N–H and O–H groups in total. The van der Waals surface area contributed by atoms with Gasteiger partial charge in [-0.05, 0) is 30.2 Å². The normalized spacial score (nSPS) is 29.0. The van der Waals surface area contributed by atoms with E-state index in [4.69, 9.17) is 0 Å². The lowest BCUT2D eigenvalue weighted by Gasteiger charge is -2.45. The van der Waals surface area contributed by atoms with Gasteiger partial charge in [0.1, 0.15) is 0 Å². The maximum atomic E-state index is 3.80. The van der Waals surface area contributed by atoms with Gasteiger partial charge in [-0.1, -0.05) is 57.0 Å². The van der Waals surface area contributed by atoms with E-state index in [1.807, 2.05) is 0 Å². The first kappa shape index (κ1) is 15.1. The molecule has 2 nitrogen and oxygen atoms in total. The summed E-state index contributed by atoms with van der Waals surface area (Å²) in [4.78, 5) is 2.80. The van der Waals surface area contributed by atoms with Crippen molar-refractivity contribution in [3.8, 4) is 0 Å². The van der Waals surface area contributed by atoms with Crippen LogP contribution in [0.3, 0.4) is 0 Å². The van der Waals surface area contributed by atoms with Crippen LogP contribution in [-0.2, 0) is 0 Å². The lowest BCUT2D eigenvalue weighted by atomic mass is 9.83. The van der Waals surface area contributed by atoms with Crippen molar-refractivity contribution in [2.24, 2.45) is 11.8 Å². The SMILES string of the molecule is CCC(C)C1CNC(c2ccccc2)CN1CC1CCC1. The Hall–Kier alpha value is -0.860. The highest BCUT2D eigenvalue weighted by Gasteiger charge is 2.33. The van der Waals surface area contributed by atoms with E-state index in [9.17, 15) is 0 Å². The van der Waals surface area contributed by atoms with Gasteiger partial charge in [-0.2, -0.15) is 0 Å². The van der Waals surface area contributed by atoms with Crippen molar-refractivity contribution in [1.82, 2.24) is 10.2 Å². The van der Waals surface area contributed by atoms with Crippen LogP contribution >= 0.6 is 0 Å². The molecular weight excluding hydrogens is 256 g/mol. The molecule has 2 fully saturated rings. The van der Waals surface area contributed by atoms with Crippen LogP contribution in [-0.4, -0.2) is 30.6 Å². The van der Waals surface area contributed by atoms with Crippen LogP contribution in [0.2, 0.25) is 0 Å². The summed E-state index contributed by atoms with van der Waals surface area (Å²) < 4.78 is 0. The molecule has 0 spiro atoms. The summed E-state index contributed by atoms with van der Waals surface area (Å²) >= 11 is 0. The fourth-order valence-corrected chi connectivity index (χ4v) is 3.79. The highest BCUT2D eigenvalue weighted by molar-refractivity contribution is 5.20. The minimum absolute atomic E-state index is 0.506. The van der Waals surface area contributed by atoms with Crippen molar-refractivity contribution < 1.29 is 0 Å². The van der Waals surface area contributed by atoms with Crippen LogP contribution in [0.15, 0.2) is 30.3 Å². The fourth-order valence-electron chi connectivity index (χ4n) is 3.79. The van der Waals surface area contributed by atoms with E-state index < -0.39 is 0 Å². The maximum Gasteiger partial charge on any atom is 0.0449 e. The first-order valence-corrected chi connectivity index (χ1v) is 8.80. The molecule has 2 heteroatoms. The Labute approximate surface area is 129 Å². The summed E-state index contributed by atoms with van der Waals surface area (Å²) in [5.41, 5.74) is 1.44. The molecule has 1 aliphatic heterocycles. The van der Waals surface area contributed by atoms with Gasteiger partial charge in [-0.15, -0.1) is 0 Å². The molecule has 3 unspecified atom stereocenters. The number of nitrogens with one attached hydrogen (secondary N) is 1. The zero-order chi connectivity index (χ0) is 14.7. The lowest BCUT2D eigenvalue weighted by molar-refractivity contribution is 0.0598. The summed E-state index contributed by atoms with van der Waals surface area (Å²) in [6, 6.07) is 12.2. The van der Waals surface area contributed by atoms with E-state index in [2.05, 4.69) is 54.4 Å². The van der Waals surface area contributed by atoms with Crippen molar-refractivity contribution in [3.05, 3.63) is 35.9 Å². The summed E-state index contributed by atoms with van der Waals surface area (Å²) in [5.74, 6) is 1.75. The molecule has 0 bridgehead atoms. The predicted molar refractivity (Wildman–Crippen MR) is 89.3 cm³/mol. The molecule has 116 valence electrons. The molecule has 3 rings (SSSR count). The van der Waals surface area contributed by atoms with Crippen LogP contribution in [0, 0.1) is 11.8 Å². The third-order valence-electron chi connectivity index (χ3n) is 5.68. The number of piperazine rings is 1. The number of hydrogen-bond acceptors (Lipinski definition) is 2. The average Bonchev–Trinajstić information content (AvgIpc) is 2.51. The van der Waals surface area contributed by atoms with Gasteiger partial charge < -0.3 is 5.32 Å². The van der Waals surface area contributed by atoms with Gasteiger partial charge in [-0.3, -0.25) is 4.90 Å². The molecule has 0 aromatic heterocycles. The number of rotatable bonds is 5. The largest absolute Gasteiger partial charge is 0.307 e. The van der Waals surface area contributed by atoms with Crippen LogP contribution in [0.4, 0.5) is 0 Å². The second kappa shape index (κ2) is 6.93. The number of nitrogens with zero attached hydrogens (tertiary/aromatic N) is 1. The Morgan fingerprint density at radius 1 is 1.24 bits per heavy atom. The molecule has 0 amide bonds. The van der Waals surface area contributed by atoms with Crippen molar-refractivity contribution in [2.45, 2.75) is 51.6 Å². The van der Waals surface area contributed by atoms with Gasteiger partial charge in [0.15, 0.2) is 0 Å². The smallest absolute Gasteiger partial charge is 0.0449 e. The Balaban J connectivity index is 1.69. The molecule has 1 saturated heterocycles. The summed E-state index contributed by atoms with van der Waals surface area (Å²) in [7, 11) is 0. The van der Waals surface area contributed by atoms with Crippen LogP contribution in [0.25, 0.3) is 0 Å². The second-order valence-corrected chi connectivity index (χ2v) is 7.08. The summed E-state index contributed by atoms with van der Waals surface area (Å²) in [6.45, 7) is 8.38. The Bertz CT molecular complexity index is 426. The molecule has 1 aliphatic carbocycles. The van der Waals surface area contributed by atoms with Crippen LogP contribution in [0.1, 0.15) is 51.1 Å². The topological polar surface area (TPSA) is 15.3 Å². The average molecular weight is 286 g/mol.